The summed E-state index contributed by atoms with van der Waals surface area (Å²) in [6.07, 6.45) is 3.55. The van der Waals surface area contributed by atoms with Gasteiger partial charge in [-0.25, -0.2) is 4.79 Å². The number of hydrogen-bond acceptors (Lipinski definition) is 7. The van der Waals surface area contributed by atoms with E-state index in [1.54, 1.807) is 37.4 Å². The van der Waals surface area contributed by atoms with Crippen LogP contribution in [0.1, 0.15) is 27.7 Å². The van der Waals surface area contributed by atoms with Gasteiger partial charge in [0.05, 0.1) is 22.7 Å². The third-order valence-electron chi connectivity index (χ3n) is 4.72. The summed E-state index contributed by atoms with van der Waals surface area (Å²) in [5.74, 6) is -0.848. The van der Waals surface area contributed by atoms with Crippen molar-refractivity contribution >= 4 is 64.7 Å². The topological polar surface area (TPSA) is 92.9 Å². The van der Waals surface area contributed by atoms with Crippen molar-refractivity contribution < 1.29 is 19.4 Å². The third kappa shape index (κ3) is 4.53. The third-order valence-corrected chi connectivity index (χ3v) is 6.11. The normalized spacial score (nSPS) is 13.2. The second-order valence-electron chi connectivity index (χ2n) is 6.86. The highest BCUT2D eigenvalue weighted by Gasteiger charge is 2.17. The number of aromatic nitrogens is 1. The van der Waals surface area contributed by atoms with Gasteiger partial charge in [0.2, 0.25) is 11.8 Å². The zero-order valence-electron chi connectivity index (χ0n) is 17.1. The molecule has 9 heteroatoms. The number of allylic oxidation sites excluding steroid dienone is 1. The highest BCUT2D eigenvalue weighted by atomic mass is 32.1. The molecular weight excluding hydrogens is 446 g/mol. The number of carbonyl (C=O) groups excluding carboxylic acids is 2. The molecule has 0 unspecified atom stereocenters. The lowest BCUT2D eigenvalue weighted by molar-refractivity contribution is -0.116. The molecule has 0 saturated heterocycles. The van der Waals surface area contributed by atoms with Crippen LogP contribution < -0.4 is 5.32 Å². The van der Waals surface area contributed by atoms with Gasteiger partial charge in [-0.3, -0.25) is 14.4 Å². The van der Waals surface area contributed by atoms with E-state index in [-0.39, 0.29) is 18.3 Å². The number of carbonyl (C=O) groups is 2. The van der Waals surface area contributed by atoms with Gasteiger partial charge < -0.3 is 15.2 Å². The van der Waals surface area contributed by atoms with Crippen molar-refractivity contribution in [2.75, 3.05) is 11.9 Å². The van der Waals surface area contributed by atoms with Gasteiger partial charge in [-0.1, -0.05) is 18.2 Å². The van der Waals surface area contributed by atoms with E-state index in [9.17, 15) is 14.7 Å². The second-order valence-corrected chi connectivity index (χ2v) is 8.54. The number of benzene rings is 2. The minimum Gasteiger partial charge on any atom is -0.493 e. The van der Waals surface area contributed by atoms with Gasteiger partial charge in [-0.2, -0.15) is 0 Å². The molecule has 32 heavy (non-hydrogen) atoms. The van der Waals surface area contributed by atoms with Crippen LogP contribution in [0.4, 0.5) is 11.4 Å². The van der Waals surface area contributed by atoms with Crippen LogP contribution in [-0.2, 0) is 16.1 Å². The first-order valence-electron chi connectivity index (χ1n) is 9.81. The molecule has 1 aromatic heterocycles. The van der Waals surface area contributed by atoms with E-state index in [0.29, 0.717) is 26.7 Å². The number of fused-ring (bicyclic) bond motifs is 1. The van der Waals surface area contributed by atoms with E-state index in [2.05, 4.69) is 10.3 Å². The molecule has 162 valence electrons. The molecule has 7 nitrogen and oxygen atoms in total. The Morgan fingerprint density at radius 1 is 1.22 bits per heavy atom. The molecule has 1 amide bonds. The zero-order valence-corrected chi connectivity index (χ0v) is 18.7. The summed E-state index contributed by atoms with van der Waals surface area (Å²) in [4.78, 5) is 29.2. The van der Waals surface area contributed by atoms with E-state index in [0.717, 1.165) is 16.8 Å². The van der Waals surface area contributed by atoms with E-state index in [1.807, 2.05) is 30.3 Å². The van der Waals surface area contributed by atoms with Crippen LogP contribution >= 0.6 is 23.6 Å². The summed E-state index contributed by atoms with van der Waals surface area (Å²) in [6, 6.07) is 14.1. The van der Waals surface area contributed by atoms with Crippen LogP contribution in [0.3, 0.4) is 0 Å². The molecule has 1 aliphatic heterocycles. The maximum absolute atomic E-state index is 12.5. The lowest BCUT2D eigenvalue weighted by Gasteiger charge is -2.08. The molecule has 0 radical (unpaired) electrons. The molecule has 3 aromatic rings. The Kier molecular flexibility index (Phi) is 6.29. The number of aromatic hydroxyl groups is 1. The number of aliphatic imine (C=N–C) groups is 1. The largest absolute Gasteiger partial charge is 0.493 e. The molecule has 2 heterocycles. The maximum Gasteiger partial charge on any atom is 0.338 e. The van der Waals surface area contributed by atoms with Crippen molar-refractivity contribution in [3.05, 3.63) is 68.5 Å². The summed E-state index contributed by atoms with van der Waals surface area (Å²) in [5, 5.41) is 13.4. The smallest absolute Gasteiger partial charge is 0.338 e. The molecule has 2 aromatic carbocycles. The summed E-state index contributed by atoms with van der Waals surface area (Å²) in [6.45, 7) is 1.88. The second kappa shape index (κ2) is 9.29. The fourth-order valence-electron chi connectivity index (χ4n) is 3.19. The Hall–Kier alpha value is -3.56. The summed E-state index contributed by atoms with van der Waals surface area (Å²) in [7, 11) is 0. The lowest BCUT2D eigenvalue weighted by Crippen LogP contribution is -2.18. The minimum atomic E-state index is -0.420. The average Bonchev–Trinajstić information content (AvgIpc) is 3.31. The molecule has 1 aliphatic rings. The predicted octanol–water partition coefficient (Wildman–Crippen LogP) is 5.06. The number of ether oxygens (including phenoxy) is 1. The van der Waals surface area contributed by atoms with Crippen LogP contribution in [0, 0.1) is 3.95 Å². The minimum absolute atomic E-state index is 0.0712. The Morgan fingerprint density at radius 2 is 1.97 bits per heavy atom. The number of thiazole rings is 1. The molecular formula is C23H19N3O4S2. The van der Waals surface area contributed by atoms with Gasteiger partial charge in [0, 0.05) is 23.0 Å². The van der Waals surface area contributed by atoms with E-state index >= 15 is 0 Å². The number of rotatable bonds is 6. The Morgan fingerprint density at radius 3 is 2.72 bits per heavy atom. The summed E-state index contributed by atoms with van der Waals surface area (Å²) >= 11 is 6.58. The standard InChI is InChI=1S/C23H19N3O4S2/c1-2-30-22(29)14-7-9-16(10-8-14)25-20(27)13-26-21(28)19(32-23(26)31)11-15-12-24-18-6-4-3-5-17(15)18/h3-12,28H,2,13H2,1H3,(H,25,27)/b15-11+. The van der Waals surface area contributed by atoms with Gasteiger partial charge in [-0.15, -0.1) is 11.3 Å². The van der Waals surface area contributed by atoms with Crippen molar-refractivity contribution in [1.29, 1.82) is 0 Å². The number of para-hydroxylation sites is 1. The number of hydrogen-bond donors (Lipinski definition) is 2. The van der Waals surface area contributed by atoms with Crippen LogP contribution in [0.5, 0.6) is 5.88 Å². The van der Waals surface area contributed by atoms with E-state index in [4.69, 9.17) is 17.0 Å². The number of anilines is 1. The molecule has 0 saturated carbocycles. The molecule has 0 aliphatic carbocycles. The predicted molar refractivity (Wildman–Crippen MR) is 128 cm³/mol. The molecule has 4 rings (SSSR count). The SMILES string of the molecule is CCOC(=O)c1ccc(NC(=O)Cn2c(O)c(/C=C3\C=Nc4ccccc43)sc2=S)cc1. The first kappa shape index (κ1) is 21.7. The molecule has 2 N–H and O–H groups in total. The zero-order chi connectivity index (χ0) is 22.7. The highest BCUT2D eigenvalue weighted by molar-refractivity contribution is 7.73. The van der Waals surface area contributed by atoms with E-state index < -0.39 is 5.97 Å². The average molecular weight is 466 g/mol. The molecule has 0 bridgehead atoms. The molecule has 0 fully saturated rings. The van der Waals surface area contributed by atoms with Crippen LogP contribution in [0.15, 0.2) is 53.5 Å². The highest BCUT2D eigenvalue weighted by Crippen LogP contribution is 2.35. The fraction of sp³-hybridized carbons (Fsp3) is 0.130. The first-order valence-corrected chi connectivity index (χ1v) is 11.0. The lowest BCUT2D eigenvalue weighted by atomic mass is 10.1. The molecule has 0 spiro atoms. The Labute approximate surface area is 193 Å². The van der Waals surface area contributed by atoms with Crippen molar-refractivity contribution in [3.63, 3.8) is 0 Å². The Balaban J connectivity index is 1.48. The Bertz CT molecular complexity index is 1300. The number of nitrogens with zero attached hydrogens (tertiary/aromatic N) is 2. The number of amides is 1. The van der Waals surface area contributed by atoms with Crippen LogP contribution in [0.25, 0.3) is 11.6 Å². The van der Waals surface area contributed by atoms with Crippen molar-refractivity contribution in [3.8, 4) is 5.88 Å². The van der Waals surface area contributed by atoms with E-state index in [1.165, 1.54) is 15.9 Å². The maximum atomic E-state index is 12.5. The van der Waals surface area contributed by atoms with Gasteiger partial charge in [-0.05, 0) is 55.5 Å². The first-order chi connectivity index (χ1) is 15.5. The van der Waals surface area contributed by atoms with Gasteiger partial charge in [0.1, 0.15) is 6.54 Å². The monoisotopic (exact) mass is 465 g/mol. The van der Waals surface area contributed by atoms with Crippen LogP contribution in [-0.4, -0.2) is 34.4 Å². The van der Waals surface area contributed by atoms with Gasteiger partial charge >= 0.3 is 5.97 Å². The fourth-order valence-corrected chi connectivity index (χ4v) is 4.45. The summed E-state index contributed by atoms with van der Waals surface area (Å²) in [5.41, 5.74) is 3.63. The number of nitrogens with one attached hydrogen (secondary N) is 1. The van der Waals surface area contributed by atoms with Crippen molar-refractivity contribution in [2.45, 2.75) is 13.5 Å². The number of esters is 1. The quantitative estimate of drug-likeness (QED) is 0.392. The van der Waals surface area contributed by atoms with Crippen molar-refractivity contribution in [1.82, 2.24) is 4.57 Å². The van der Waals surface area contributed by atoms with Crippen LogP contribution in [0.2, 0.25) is 0 Å². The van der Waals surface area contributed by atoms with Gasteiger partial charge in [0.25, 0.3) is 0 Å². The van der Waals surface area contributed by atoms with Crippen molar-refractivity contribution in [2.24, 2.45) is 4.99 Å². The summed E-state index contributed by atoms with van der Waals surface area (Å²) < 4.78 is 6.70. The van der Waals surface area contributed by atoms with Gasteiger partial charge in [0.15, 0.2) is 3.95 Å². The molecule has 0 atom stereocenters.